The molecule has 0 radical (unpaired) electrons. The standard InChI is InChI=1S/C14H18N2O3S/c1-11-7-12(2)9-16(8-11)20(18,19)14-5-3-13(4-6-14)15-10-17/h3-6,11-12H,7-9H2,1-2H3. The summed E-state index contributed by atoms with van der Waals surface area (Å²) in [6.45, 7) is 5.25. The zero-order valence-electron chi connectivity index (χ0n) is 11.6. The molecule has 1 fully saturated rings. The summed E-state index contributed by atoms with van der Waals surface area (Å²) < 4.78 is 26.7. The fourth-order valence-corrected chi connectivity index (χ4v) is 4.38. The van der Waals surface area contributed by atoms with E-state index in [2.05, 4.69) is 18.8 Å². The molecule has 0 aliphatic carbocycles. The number of rotatable bonds is 3. The lowest BCUT2D eigenvalue weighted by Gasteiger charge is -2.34. The highest BCUT2D eigenvalue weighted by molar-refractivity contribution is 7.89. The van der Waals surface area contributed by atoms with E-state index in [1.165, 1.54) is 30.3 Å². The van der Waals surface area contributed by atoms with Crippen LogP contribution in [0.5, 0.6) is 0 Å². The number of isocyanates is 1. The van der Waals surface area contributed by atoms with Crippen LogP contribution in [0, 0.1) is 11.8 Å². The summed E-state index contributed by atoms with van der Waals surface area (Å²) >= 11 is 0. The molecule has 0 bridgehead atoms. The first kappa shape index (κ1) is 14.9. The molecule has 1 aliphatic rings. The maximum atomic E-state index is 12.6. The van der Waals surface area contributed by atoms with E-state index < -0.39 is 10.0 Å². The van der Waals surface area contributed by atoms with E-state index in [0.29, 0.717) is 30.6 Å². The molecule has 0 saturated carbocycles. The van der Waals surface area contributed by atoms with Crippen LogP contribution in [0.25, 0.3) is 0 Å². The van der Waals surface area contributed by atoms with Gasteiger partial charge < -0.3 is 0 Å². The zero-order chi connectivity index (χ0) is 14.8. The Morgan fingerprint density at radius 3 is 2.20 bits per heavy atom. The Morgan fingerprint density at radius 1 is 1.15 bits per heavy atom. The molecule has 1 aliphatic heterocycles. The fourth-order valence-electron chi connectivity index (χ4n) is 2.70. The predicted molar refractivity (Wildman–Crippen MR) is 75.9 cm³/mol. The summed E-state index contributed by atoms with van der Waals surface area (Å²) in [7, 11) is -3.47. The van der Waals surface area contributed by atoms with Gasteiger partial charge >= 0.3 is 0 Å². The molecule has 108 valence electrons. The van der Waals surface area contributed by atoms with Crippen LogP contribution in [0.1, 0.15) is 20.3 Å². The number of hydrogen-bond acceptors (Lipinski definition) is 4. The number of nitrogens with zero attached hydrogens (tertiary/aromatic N) is 2. The van der Waals surface area contributed by atoms with Crippen molar-refractivity contribution < 1.29 is 13.2 Å². The van der Waals surface area contributed by atoms with Crippen molar-refractivity contribution in [3.8, 4) is 0 Å². The lowest BCUT2D eigenvalue weighted by molar-refractivity contribution is 0.222. The number of benzene rings is 1. The van der Waals surface area contributed by atoms with Crippen molar-refractivity contribution in [2.45, 2.75) is 25.2 Å². The van der Waals surface area contributed by atoms with E-state index in [-0.39, 0.29) is 4.90 Å². The van der Waals surface area contributed by atoms with Crippen LogP contribution in [-0.4, -0.2) is 31.9 Å². The minimum atomic E-state index is -3.47. The maximum absolute atomic E-state index is 12.6. The lowest BCUT2D eigenvalue weighted by Crippen LogP contribution is -2.42. The summed E-state index contributed by atoms with van der Waals surface area (Å²) in [5.41, 5.74) is 0.402. The van der Waals surface area contributed by atoms with Gasteiger partial charge in [-0.2, -0.15) is 9.30 Å². The average molecular weight is 294 g/mol. The minimum absolute atomic E-state index is 0.239. The third-order valence-electron chi connectivity index (χ3n) is 3.48. The van der Waals surface area contributed by atoms with Gasteiger partial charge in [0.2, 0.25) is 16.1 Å². The molecule has 0 spiro atoms. The molecule has 6 heteroatoms. The molecule has 1 aromatic carbocycles. The molecule has 1 saturated heterocycles. The normalized spacial score (nSPS) is 24.1. The number of hydrogen-bond donors (Lipinski definition) is 0. The predicted octanol–water partition coefficient (Wildman–Crippen LogP) is 2.32. The van der Waals surface area contributed by atoms with E-state index in [1.807, 2.05) is 0 Å². The first-order valence-corrected chi connectivity index (χ1v) is 8.05. The van der Waals surface area contributed by atoms with Crippen molar-refractivity contribution in [3.05, 3.63) is 24.3 Å². The van der Waals surface area contributed by atoms with Gasteiger partial charge in [-0.1, -0.05) is 13.8 Å². The highest BCUT2D eigenvalue weighted by atomic mass is 32.2. The van der Waals surface area contributed by atoms with Gasteiger partial charge in [-0.25, -0.2) is 13.2 Å². The molecule has 5 nitrogen and oxygen atoms in total. The van der Waals surface area contributed by atoms with Gasteiger partial charge in [-0.05, 0) is 42.5 Å². The van der Waals surface area contributed by atoms with E-state index in [1.54, 1.807) is 4.31 Å². The summed E-state index contributed by atoms with van der Waals surface area (Å²) in [6.07, 6.45) is 2.49. The average Bonchev–Trinajstić information content (AvgIpc) is 2.38. The Hall–Kier alpha value is -1.49. The molecule has 20 heavy (non-hydrogen) atoms. The number of sulfonamides is 1. The van der Waals surface area contributed by atoms with Gasteiger partial charge in [0.05, 0.1) is 10.6 Å². The molecule has 1 heterocycles. The second kappa shape index (κ2) is 5.87. The fraction of sp³-hybridized carbons (Fsp3) is 0.500. The van der Waals surface area contributed by atoms with Crippen molar-refractivity contribution in [3.63, 3.8) is 0 Å². The Balaban J connectivity index is 2.27. The van der Waals surface area contributed by atoms with Crippen molar-refractivity contribution in [1.82, 2.24) is 4.31 Å². The van der Waals surface area contributed by atoms with Crippen LogP contribution in [0.4, 0.5) is 5.69 Å². The lowest BCUT2D eigenvalue weighted by atomic mass is 9.94. The van der Waals surface area contributed by atoms with Crippen LogP contribution in [0.3, 0.4) is 0 Å². The Labute approximate surface area is 119 Å². The van der Waals surface area contributed by atoms with E-state index in [4.69, 9.17) is 0 Å². The topological polar surface area (TPSA) is 66.8 Å². The quantitative estimate of drug-likeness (QED) is 0.634. The van der Waals surface area contributed by atoms with Crippen molar-refractivity contribution in [1.29, 1.82) is 0 Å². The summed E-state index contributed by atoms with van der Waals surface area (Å²) in [4.78, 5) is 13.8. The molecular formula is C14H18N2O3S. The minimum Gasteiger partial charge on any atom is -0.211 e. The molecular weight excluding hydrogens is 276 g/mol. The van der Waals surface area contributed by atoms with Gasteiger partial charge in [-0.3, -0.25) is 0 Å². The van der Waals surface area contributed by atoms with E-state index >= 15 is 0 Å². The summed E-state index contributed by atoms with van der Waals surface area (Å²) in [6, 6.07) is 5.98. The third-order valence-corrected chi connectivity index (χ3v) is 5.33. The maximum Gasteiger partial charge on any atom is 0.243 e. The van der Waals surface area contributed by atoms with Gasteiger partial charge in [0.25, 0.3) is 0 Å². The highest BCUT2D eigenvalue weighted by Gasteiger charge is 2.31. The van der Waals surface area contributed by atoms with Gasteiger partial charge in [-0.15, -0.1) is 0 Å². The van der Waals surface area contributed by atoms with Crippen molar-refractivity contribution in [2.24, 2.45) is 16.8 Å². The Morgan fingerprint density at radius 2 is 1.70 bits per heavy atom. The molecule has 0 aromatic heterocycles. The van der Waals surface area contributed by atoms with E-state index in [9.17, 15) is 13.2 Å². The number of aliphatic imine (C=N–C) groups is 1. The zero-order valence-corrected chi connectivity index (χ0v) is 12.4. The first-order valence-electron chi connectivity index (χ1n) is 6.61. The first-order chi connectivity index (χ1) is 9.43. The smallest absolute Gasteiger partial charge is 0.211 e. The van der Waals surface area contributed by atoms with Gasteiger partial charge in [0.1, 0.15) is 0 Å². The van der Waals surface area contributed by atoms with Crippen molar-refractivity contribution >= 4 is 21.8 Å². The van der Waals surface area contributed by atoms with E-state index in [0.717, 1.165) is 6.42 Å². The number of carbonyl (C=O) groups excluding carboxylic acids is 1. The largest absolute Gasteiger partial charge is 0.243 e. The van der Waals surface area contributed by atoms with Crippen LogP contribution in [-0.2, 0) is 14.8 Å². The summed E-state index contributed by atoms with van der Waals surface area (Å²) in [5.74, 6) is 0.736. The Bertz CT molecular complexity index is 608. The summed E-state index contributed by atoms with van der Waals surface area (Å²) in [5, 5.41) is 0. The SMILES string of the molecule is CC1CC(C)CN(S(=O)(=O)c2ccc(N=C=O)cc2)C1. The van der Waals surface area contributed by atoms with Crippen molar-refractivity contribution in [2.75, 3.05) is 13.1 Å². The second-order valence-electron chi connectivity index (χ2n) is 5.47. The van der Waals surface area contributed by atoms with Crippen LogP contribution in [0.15, 0.2) is 34.2 Å². The van der Waals surface area contributed by atoms with Crippen LogP contribution >= 0.6 is 0 Å². The molecule has 0 amide bonds. The molecule has 2 unspecified atom stereocenters. The third kappa shape index (κ3) is 3.15. The number of piperidine rings is 1. The van der Waals surface area contributed by atoms with Gasteiger partial charge in [0, 0.05) is 13.1 Å². The second-order valence-corrected chi connectivity index (χ2v) is 7.40. The molecule has 0 N–H and O–H groups in total. The Kier molecular flexibility index (Phi) is 4.38. The monoisotopic (exact) mass is 294 g/mol. The molecule has 2 atom stereocenters. The highest BCUT2D eigenvalue weighted by Crippen LogP contribution is 2.27. The van der Waals surface area contributed by atoms with Crippen LogP contribution < -0.4 is 0 Å². The molecule has 1 aromatic rings. The molecule has 2 rings (SSSR count). The van der Waals surface area contributed by atoms with Crippen LogP contribution in [0.2, 0.25) is 0 Å². The van der Waals surface area contributed by atoms with Gasteiger partial charge in [0.15, 0.2) is 0 Å².